The monoisotopic (exact) mass is 277 g/mol. The normalized spacial score (nSPS) is 12.1. The van der Waals surface area contributed by atoms with Crippen LogP contribution in [0.3, 0.4) is 0 Å². The summed E-state index contributed by atoms with van der Waals surface area (Å²) in [4.78, 5) is 10.4. The molecular formula is C8H8INO2. The standard InChI is InChI=1S/C8H8INO2/c9-7(12-8(10)11)6-4-2-1-3-5-6/h1-5,7H,(H2,10,11). The van der Waals surface area contributed by atoms with E-state index in [0.717, 1.165) is 5.56 Å². The minimum Gasteiger partial charge on any atom is -0.431 e. The molecule has 0 radical (unpaired) electrons. The molecule has 1 rings (SSSR count). The molecule has 0 aliphatic rings. The van der Waals surface area contributed by atoms with Gasteiger partial charge in [-0.3, -0.25) is 0 Å². The molecule has 64 valence electrons. The third kappa shape index (κ3) is 2.69. The van der Waals surface area contributed by atoms with Gasteiger partial charge in [-0.1, -0.05) is 30.3 Å². The molecule has 0 aliphatic carbocycles. The summed E-state index contributed by atoms with van der Waals surface area (Å²) >= 11 is 2.00. The Morgan fingerprint density at radius 2 is 2.00 bits per heavy atom. The number of amides is 1. The van der Waals surface area contributed by atoms with Gasteiger partial charge in [0.2, 0.25) is 0 Å². The van der Waals surface area contributed by atoms with Gasteiger partial charge in [-0.25, -0.2) is 4.79 Å². The quantitative estimate of drug-likeness (QED) is 0.665. The topological polar surface area (TPSA) is 52.3 Å². The summed E-state index contributed by atoms with van der Waals surface area (Å²) in [6.07, 6.45) is -0.752. The molecule has 0 fully saturated rings. The van der Waals surface area contributed by atoms with Gasteiger partial charge in [-0.15, -0.1) is 0 Å². The number of primary amides is 1. The van der Waals surface area contributed by atoms with Crippen LogP contribution < -0.4 is 5.73 Å². The summed E-state index contributed by atoms with van der Waals surface area (Å²) in [5.74, 6) is 0. The maximum Gasteiger partial charge on any atom is 0.405 e. The molecule has 0 bridgehead atoms. The van der Waals surface area contributed by atoms with Crippen LogP contribution in [-0.4, -0.2) is 6.09 Å². The summed E-state index contributed by atoms with van der Waals surface area (Å²) < 4.78 is 4.46. The van der Waals surface area contributed by atoms with Crippen LogP contribution in [0, 0.1) is 0 Å². The zero-order valence-electron chi connectivity index (χ0n) is 6.24. The molecule has 1 aromatic rings. The van der Waals surface area contributed by atoms with Crippen LogP contribution in [-0.2, 0) is 4.74 Å². The molecule has 1 unspecified atom stereocenters. The van der Waals surface area contributed by atoms with Crippen molar-refractivity contribution in [1.82, 2.24) is 0 Å². The third-order valence-electron chi connectivity index (χ3n) is 1.28. The maximum atomic E-state index is 10.4. The molecule has 0 spiro atoms. The molecule has 1 aromatic carbocycles. The summed E-state index contributed by atoms with van der Waals surface area (Å²) in [5, 5.41) is 0. The molecule has 0 saturated carbocycles. The van der Waals surface area contributed by atoms with Gasteiger partial charge in [0.05, 0.1) is 0 Å². The highest BCUT2D eigenvalue weighted by molar-refractivity contribution is 14.1. The number of ether oxygens (including phenoxy) is 1. The molecule has 0 saturated heterocycles. The van der Waals surface area contributed by atoms with Crippen LogP contribution in [0.4, 0.5) is 4.79 Å². The first-order valence-electron chi connectivity index (χ1n) is 3.35. The van der Waals surface area contributed by atoms with Crippen molar-refractivity contribution < 1.29 is 9.53 Å². The number of hydrogen-bond donors (Lipinski definition) is 1. The molecule has 2 N–H and O–H groups in total. The van der Waals surface area contributed by atoms with E-state index in [4.69, 9.17) is 10.5 Å². The van der Waals surface area contributed by atoms with Gasteiger partial charge in [-0.05, 0) is 22.6 Å². The number of rotatable bonds is 2. The smallest absolute Gasteiger partial charge is 0.405 e. The van der Waals surface area contributed by atoms with E-state index < -0.39 is 6.09 Å². The molecule has 1 amide bonds. The Morgan fingerprint density at radius 1 is 1.42 bits per heavy atom. The molecule has 0 aromatic heterocycles. The van der Waals surface area contributed by atoms with Gasteiger partial charge in [0, 0.05) is 5.56 Å². The zero-order chi connectivity index (χ0) is 8.97. The first kappa shape index (κ1) is 9.31. The lowest BCUT2D eigenvalue weighted by Crippen LogP contribution is -2.14. The van der Waals surface area contributed by atoms with Crippen molar-refractivity contribution in [3.63, 3.8) is 0 Å². The molecule has 3 nitrogen and oxygen atoms in total. The molecule has 4 heteroatoms. The number of benzene rings is 1. The van der Waals surface area contributed by atoms with E-state index in [2.05, 4.69) is 0 Å². The van der Waals surface area contributed by atoms with E-state index >= 15 is 0 Å². The SMILES string of the molecule is NC(=O)OC(I)c1ccccc1. The molecule has 12 heavy (non-hydrogen) atoms. The lowest BCUT2D eigenvalue weighted by molar-refractivity contribution is 0.152. The summed E-state index contributed by atoms with van der Waals surface area (Å²) in [7, 11) is 0. The van der Waals surface area contributed by atoms with E-state index in [1.54, 1.807) is 0 Å². The van der Waals surface area contributed by atoms with E-state index in [1.165, 1.54) is 0 Å². The minimum absolute atomic E-state index is 0.304. The van der Waals surface area contributed by atoms with Gasteiger partial charge in [0.1, 0.15) is 0 Å². The number of carbonyl (C=O) groups excluding carboxylic acids is 1. The lowest BCUT2D eigenvalue weighted by Gasteiger charge is -2.08. The average molecular weight is 277 g/mol. The Bertz CT molecular complexity index is 263. The van der Waals surface area contributed by atoms with E-state index in [1.807, 2.05) is 52.9 Å². The summed E-state index contributed by atoms with van der Waals surface area (Å²) in [5.41, 5.74) is 5.79. The second-order valence-corrected chi connectivity index (χ2v) is 3.29. The van der Waals surface area contributed by atoms with Crippen molar-refractivity contribution in [3.05, 3.63) is 35.9 Å². The Hall–Kier alpha value is -0.780. The van der Waals surface area contributed by atoms with E-state index in [9.17, 15) is 4.79 Å². The Kier molecular flexibility index (Phi) is 3.33. The molecular weight excluding hydrogens is 269 g/mol. The average Bonchev–Trinajstić information content (AvgIpc) is 2.05. The molecule has 0 aliphatic heterocycles. The number of nitrogens with two attached hydrogens (primary N) is 1. The maximum absolute atomic E-state index is 10.4. The second-order valence-electron chi connectivity index (χ2n) is 2.16. The van der Waals surface area contributed by atoms with Crippen LogP contribution >= 0.6 is 22.6 Å². The van der Waals surface area contributed by atoms with Crippen molar-refractivity contribution >= 4 is 28.7 Å². The first-order valence-corrected chi connectivity index (χ1v) is 4.60. The van der Waals surface area contributed by atoms with E-state index in [0.29, 0.717) is 0 Å². The minimum atomic E-state index is -0.752. The third-order valence-corrected chi connectivity index (χ3v) is 2.25. The van der Waals surface area contributed by atoms with Gasteiger partial charge < -0.3 is 10.5 Å². The molecule has 0 heterocycles. The fourth-order valence-corrected chi connectivity index (χ4v) is 1.44. The fraction of sp³-hybridized carbons (Fsp3) is 0.125. The Balaban J connectivity index is 2.65. The van der Waals surface area contributed by atoms with E-state index in [-0.39, 0.29) is 4.11 Å². The summed E-state index contributed by atoms with van der Waals surface area (Å²) in [6, 6.07) is 9.41. The Labute approximate surface area is 84.0 Å². The predicted octanol–water partition coefficient (Wildman–Crippen LogP) is 2.22. The van der Waals surface area contributed by atoms with Crippen LogP contribution in [0.25, 0.3) is 0 Å². The number of alkyl halides is 1. The number of carbonyl (C=O) groups is 1. The van der Waals surface area contributed by atoms with Gasteiger partial charge in [0.15, 0.2) is 4.11 Å². The first-order chi connectivity index (χ1) is 5.70. The van der Waals surface area contributed by atoms with Crippen molar-refractivity contribution in [2.24, 2.45) is 5.73 Å². The van der Waals surface area contributed by atoms with Crippen LogP contribution in [0.1, 0.15) is 9.67 Å². The predicted molar refractivity (Wildman–Crippen MR) is 53.9 cm³/mol. The number of halogens is 1. The Morgan fingerprint density at radius 3 is 2.50 bits per heavy atom. The van der Waals surface area contributed by atoms with Gasteiger partial charge >= 0.3 is 6.09 Å². The molecule has 1 atom stereocenters. The van der Waals surface area contributed by atoms with Crippen LogP contribution in [0.5, 0.6) is 0 Å². The zero-order valence-corrected chi connectivity index (χ0v) is 8.39. The highest BCUT2D eigenvalue weighted by atomic mass is 127. The fourth-order valence-electron chi connectivity index (χ4n) is 0.774. The van der Waals surface area contributed by atoms with Gasteiger partial charge in [-0.2, -0.15) is 0 Å². The lowest BCUT2D eigenvalue weighted by atomic mass is 10.2. The van der Waals surface area contributed by atoms with Crippen molar-refractivity contribution in [2.45, 2.75) is 4.11 Å². The second kappa shape index (κ2) is 4.30. The largest absolute Gasteiger partial charge is 0.431 e. The van der Waals surface area contributed by atoms with Gasteiger partial charge in [0.25, 0.3) is 0 Å². The highest BCUT2D eigenvalue weighted by Crippen LogP contribution is 2.23. The summed E-state index contributed by atoms with van der Waals surface area (Å²) in [6.45, 7) is 0. The number of hydrogen-bond acceptors (Lipinski definition) is 2. The van der Waals surface area contributed by atoms with Crippen molar-refractivity contribution in [2.75, 3.05) is 0 Å². The van der Waals surface area contributed by atoms with Crippen molar-refractivity contribution in [3.8, 4) is 0 Å². The van der Waals surface area contributed by atoms with Crippen molar-refractivity contribution in [1.29, 1.82) is 0 Å². The highest BCUT2D eigenvalue weighted by Gasteiger charge is 2.08. The van der Waals surface area contributed by atoms with Crippen LogP contribution in [0.2, 0.25) is 0 Å². The van der Waals surface area contributed by atoms with Crippen LogP contribution in [0.15, 0.2) is 30.3 Å².